The number of rotatable bonds is 5. The lowest BCUT2D eigenvalue weighted by atomic mass is 10.1. The van der Waals surface area contributed by atoms with Gasteiger partial charge in [-0.1, -0.05) is 13.0 Å². The summed E-state index contributed by atoms with van der Waals surface area (Å²) >= 11 is 1.54. The summed E-state index contributed by atoms with van der Waals surface area (Å²) in [5.74, 6) is 0.899. The van der Waals surface area contributed by atoms with Crippen LogP contribution in [0.25, 0.3) is 0 Å². The summed E-state index contributed by atoms with van der Waals surface area (Å²) in [5.41, 5.74) is 8.32. The molecule has 108 valence electrons. The van der Waals surface area contributed by atoms with Crippen molar-refractivity contribution in [3.05, 3.63) is 29.2 Å². The Kier molecular flexibility index (Phi) is 4.77. The van der Waals surface area contributed by atoms with Gasteiger partial charge in [-0.25, -0.2) is 4.98 Å². The molecule has 0 bridgehead atoms. The van der Waals surface area contributed by atoms with Crippen molar-refractivity contribution in [2.24, 2.45) is 12.8 Å². The highest BCUT2D eigenvalue weighted by Gasteiger charge is 2.11. The standard InChI is InChI=1S/C14H21N5S/c1-5-12(15)7-11-6-9(2)13(16-8-11)20-14-18-17-10(3)19(14)4/h6,8,12H,5,7,15H2,1-4H3. The summed E-state index contributed by atoms with van der Waals surface area (Å²) in [7, 11) is 1.96. The maximum absolute atomic E-state index is 5.98. The van der Waals surface area contributed by atoms with E-state index in [1.807, 2.05) is 24.7 Å². The van der Waals surface area contributed by atoms with E-state index in [2.05, 4.69) is 35.1 Å². The Morgan fingerprint density at radius 2 is 2.10 bits per heavy atom. The summed E-state index contributed by atoms with van der Waals surface area (Å²) in [6, 6.07) is 2.37. The van der Waals surface area contributed by atoms with Gasteiger partial charge in [0.25, 0.3) is 0 Å². The number of pyridine rings is 1. The van der Waals surface area contributed by atoms with Crippen LogP contribution >= 0.6 is 11.8 Å². The second kappa shape index (κ2) is 6.37. The van der Waals surface area contributed by atoms with E-state index < -0.39 is 0 Å². The Morgan fingerprint density at radius 3 is 2.65 bits per heavy atom. The summed E-state index contributed by atoms with van der Waals surface area (Å²) in [4.78, 5) is 4.54. The van der Waals surface area contributed by atoms with Crippen LogP contribution in [0.1, 0.15) is 30.3 Å². The van der Waals surface area contributed by atoms with E-state index in [1.165, 1.54) is 5.56 Å². The highest BCUT2D eigenvalue weighted by Crippen LogP contribution is 2.27. The molecule has 0 radical (unpaired) electrons. The third kappa shape index (κ3) is 3.37. The molecular formula is C14H21N5S. The fourth-order valence-corrected chi connectivity index (χ4v) is 2.70. The van der Waals surface area contributed by atoms with Gasteiger partial charge in [-0.3, -0.25) is 0 Å². The molecule has 0 saturated heterocycles. The lowest BCUT2D eigenvalue weighted by Gasteiger charge is -2.10. The normalized spacial score (nSPS) is 12.7. The van der Waals surface area contributed by atoms with Crippen LogP contribution in [0.15, 0.2) is 22.4 Å². The number of nitrogens with two attached hydrogens (primary N) is 1. The van der Waals surface area contributed by atoms with Gasteiger partial charge in [-0.05, 0) is 49.6 Å². The molecule has 20 heavy (non-hydrogen) atoms. The van der Waals surface area contributed by atoms with Crippen LogP contribution in [0.5, 0.6) is 0 Å². The zero-order valence-electron chi connectivity index (χ0n) is 12.4. The minimum Gasteiger partial charge on any atom is -0.327 e. The fraction of sp³-hybridized carbons (Fsp3) is 0.500. The quantitative estimate of drug-likeness (QED) is 0.915. The average Bonchev–Trinajstić information content (AvgIpc) is 2.73. The van der Waals surface area contributed by atoms with E-state index in [0.29, 0.717) is 0 Å². The van der Waals surface area contributed by atoms with Gasteiger partial charge in [0.05, 0.1) is 0 Å². The van der Waals surface area contributed by atoms with Crippen LogP contribution in [-0.4, -0.2) is 25.8 Å². The highest BCUT2D eigenvalue weighted by molar-refractivity contribution is 7.99. The second-order valence-corrected chi connectivity index (χ2v) is 5.98. The molecule has 0 aliphatic heterocycles. The molecule has 2 N–H and O–H groups in total. The first-order chi connectivity index (χ1) is 9.51. The van der Waals surface area contributed by atoms with Crippen LogP contribution < -0.4 is 5.73 Å². The van der Waals surface area contributed by atoms with Crippen molar-refractivity contribution in [1.29, 1.82) is 0 Å². The molecule has 2 aromatic heterocycles. The molecule has 0 amide bonds. The van der Waals surface area contributed by atoms with Gasteiger partial charge in [0, 0.05) is 19.3 Å². The number of aryl methyl sites for hydroxylation is 2. The van der Waals surface area contributed by atoms with Crippen molar-refractivity contribution < 1.29 is 0 Å². The van der Waals surface area contributed by atoms with Crippen LogP contribution in [0.4, 0.5) is 0 Å². The Morgan fingerprint density at radius 1 is 1.35 bits per heavy atom. The molecule has 0 aromatic carbocycles. The summed E-state index contributed by atoms with van der Waals surface area (Å²) in [6.07, 6.45) is 3.76. The maximum atomic E-state index is 5.98. The fourth-order valence-electron chi connectivity index (χ4n) is 1.85. The van der Waals surface area contributed by atoms with Gasteiger partial charge in [0.2, 0.25) is 0 Å². The zero-order valence-corrected chi connectivity index (χ0v) is 13.2. The van der Waals surface area contributed by atoms with E-state index in [1.54, 1.807) is 11.8 Å². The SMILES string of the molecule is CCC(N)Cc1cnc(Sc2nnc(C)n2C)c(C)c1. The minimum absolute atomic E-state index is 0.205. The monoisotopic (exact) mass is 291 g/mol. The van der Waals surface area contributed by atoms with Gasteiger partial charge in [0.15, 0.2) is 5.16 Å². The van der Waals surface area contributed by atoms with Crippen molar-refractivity contribution in [3.63, 3.8) is 0 Å². The Labute approximate surface area is 124 Å². The van der Waals surface area contributed by atoms with Gasteiger partial charge in [0.1, 0.15) is 10.9 Å². The maximum Gasteiger partial charge on any atom is 0.197 e. The van der Waals surface area contributed by atoms with Crippen molar-refractivity contribution in [2.45, 2.75) is 49.8 Å². The molecule has 0 spiro atoms. The first-order valence-corrected chi connectivity index (χ1v) is 7.57. The predicted octanol–water partition coefficient (Wildman–Crippen LogP) is 2.26. The minimum atomic E-state index is 0.205. The van der Waals surface area contributed by atoms with Crippen LogP contribution in [0.3, 0.4) is 0 Å². The van der Waals surface area contributed by atoms with E-state index in [-0.39, 0.29) is 6.04 Å². The lowest BCUT2D eigenvalue weighted by molar-refractivity contribution is 0.644. The largest absolute Gasteiger partial charge is 0.327 e. The summed E-state index contributed by atoms with van der Waals surface area (Å²) in [6.45, 7) is 6.11. The number of nitrogens with zero attached hydrogens (tertiary/aromatic N) is 4. The molecule has 0 aliphatic carbocycles. The van der Waals surface area contributed by atoms with Crippen molar-refractivity contribution in [1.82, 2.24) is 19.7 Å². The Hall–Kier alpha value is -1.40. The smallest absolute Gasteiger partial charge is 0.197 e. The molecule has 0 saturated carbocycles. The number of aromatic nitrogens is 4. The molecular weight excluding hydrogens is 270 g/mol. The average molecular weight is 291 g/mol. The lowest BCUT2D eigenvalue weighted by Crippen LogP contribution is -2.21. The Balaban J connectivity index is 2.15. The number of hydrogen-bond acceptors (Lipinski definition) is 5. The first kappa shape index (κ1) is 15.0. The molecule has 5 nitrogen and oxygen atoms in total. The van der Waals surface area contributed by atoms with E-state index in [0.717, 1.165) is 34.4 Å². The molecule has 2 rings (SSSR count). The second-order valence-electron chi connectivity index (χ2n) is 5.03. The number of hydrogen-bond donors (Lipinski definition) is 1. The molecule has 2 aromatic rings. The predicted molar refractivity (Wildman–Crippen MR) is 80.8 cm³/mol. The van der Waals surface area contributed by atoms with Crippen molar-refractivity contribution in [3.8, 4) is 0 Å². The molecule has 6 heteroatoms. The van der Waals surface area contributed by atoms with Gasteiger partial charge < -0.3 is 10.3 Å². The molecule has 1 atom stereocenters. The molecule has 0 fully saturated rings. The first-order valence-electron chi connectivity index (χ1n) is 6.76. The topological polar surface area (TPSA) is 69.6 Å². The molecule has 0 aliphatic rings. The van der Waals surface area contributed by atoms with Crippen LogP contribution in [0, 0.1) is 13.8 Å². The summed E-state index contributed by atoms with van der Waals surface area (Å²) in [5, 5.41) is 10.0. The van der Waals surface area contributed by atoms with E-state index in [9.17, 15) is 0 Å². The van der Waals surface area contributed by atoms with Crippen LogP contribution in [0.2, 0.25) is 0 Å². The zero-order chi connectivity index (χ0) is 14.7. The third-order valence-corrected chi connectivity index (χ3v) is 4.51. The third-order valence-electron chi connectivity index (χ3n) is 3.35. The Bertz CT molecular complexity index is 593. The molecule has 2 heterocycles. The van der Waals surface area contributed by atoms with E-state index in [4.69, 9.17) is 5.73 Å². The van der Waals surface area contributed by atoms with Crippen LogP contribution in [-0.2, 0) is 13.5 Å². The van der Waals surface area contributed by atoms with Crippen molar-refractivity contribution >= 4 is 11.8 Å². The van der Waals surface area contributed by atoms with Crippen molar-refractivity contribution in [2.75, 3.05) is 0 Å². The summed E-state index contributed by atoms with van der Waals surface area (Å²) < 4.78 is 1.96. The van der Waals surface area contributed by atoms with Gasteiger partial charge in [-0.2, -0.15) is 0 Å². The molecule has 1 unspecified atom stereocenters. The van der Waals surface area contributed by atoms with Gasteiger partial charge in [-0.15, -0.1) is 10.2 Å². The van der Waals surface area contributed by atoms with Gasteiger partial charge >= 0.3 is 0 Å². The van der Waals surface area contributed by atoms with E-state index >= 15 is 0 Å². The highest BCUT2D eigenvalue weighted by atomic mass is 32.2.